The van der Waals surface area contributed by atoms with Gasteiger partial charge in [-0.3, -0.25) is 9.59 Å². The van der Waals surface area contributed by atoms with E-state index in [1.54, 1.807) is 13.2 Å². The number of halogens is 1. The van der Waals surface area contributed by atoms with Gasteiger partial charge < -0.3 is 4.74 Å². The molecule has 0 aliphatic heterocycles. The second kappa shape index (κ2) is 7.65. The molecule has 0 bridgehead atoms. The van der Waals surface area contributed by atoms with Crippen molar-refractivity contribution in [2.45, 2.75) is 6.42 Å². The van der Waals surface area contributed by atoms with Crippen LogP contribution in [0.2, 0.25) is 0 Å². The van der Waals surface area contributed by atoms with Crippen molar-refractivity contribution in [3.8, 4) is 5.75 Å². The Bertz CT molecular complexity index is 1330. The zero-order valence-corrected chi connectivity index (χ0v) is 17.2. The van der Waals surface area contributed by atoms with E-state index in [0.717, 1.165) is 26.9 Å². The number of thiazole rings is 1. The number of benzene rings is 2. The molecule has 6 nitrogen and oxygen atoms in total. The number of methoxy groups -OCH3 is 1. The van der Waals surface area contributed by atoms with Crippen molar-refractivity contribution in [3.05, 3.63) is 95.1 Å². The lowest BCUT2D eigenvalue weighted by molar-refractivity contribution is 0.414. The van der Waals surface area contributed by atoms with Gasteiger partial charge in [-0.2, -0.15) is 14.6 Å². The predicted octanol–water partition coefficient (Wildman–Crippen LogP) is 2.42. The molecule has 8 heteroatoms. The molecule has 0 fully saturated rings. The van der Waals surface area contributed by atoms with Crippen LogP contribution in [0.4, 0.5) is 0 Å². The minimum Gasteiger partial charge on any atom is -0.496 e. The van der Waals surface area contributed by atoms with E-state index in [1.807, 2.05) is 48.5 Å². The zero-order valence-electron chi connectivity index (χ0n) is 14.8. The van der Waals surface area contributed by atoms with Crippen molar-refractivity contribution in [3.63, 3.8) is 0 Å². The zero-order chi connectivity index (χ0) is 19.7. The second-order valence-corrected chi connectivity index (χ2v) is 7.95. The van der Waals surface area contributed by atoms with E-state index in [0.29, 0.717) is 16.7 Å². The van der Waals surface area contributed by atoms with Gasteiger partial charge in [-0.15, -0.1) is 0 Å². The molecule has 0 saturated carbocycles. The molecular weight excluding hydrogens is 442 g/mol. The number of aromatic nitrogens is 3. The lowest BCUT2D eigenvalue weighted by Gasteiger charge is -2.04. The van der Waals surface area contributed by atoms with Crippen LogP contribution in [-0.4, -0.2) is 21.7 Å². The number of hydrogen-bond acceptors (Lipinski definition) is 6. The summed E-state index contributed by atoms with van der Waals surface area (Å²) >= 11 is 4.54. The first kappa shape index (κ1) is 18.5. The predicted molar refractivity (Wildman–Crippen MR) is 112 cm³/mol. The minimum atomic E-state index is -0.420. The van der Waals surface area contributed by atoms with Crippen molar-refractivity contribution in [2.75, 3.05) is 7.11 Å². The molecule has 2 heterocycles. The van der Waals surface area contributed by atoms with Gasteiger partial charge in [0.2, 0.25) is 4.96 Å². The van der Waals surface area contributed by atoms with Crippen LogP contribution in [0.15, 0.2) is 62.6 Å². The minimum absolute atomic E-state index is 0.241. The SMILES string of the molecule is COc1ccc(Br)cc1C=c1sc2nc(=O)c(Cc3ccccc3)nn2c1=O. The summed E-state index contributed by atoms with van der Waals surface area (Å²) in [6, 6.07) is 15.0. The summed E-state index contributed by atoms with van der Waals surface area (Å²) in [5.74, 6) is 0.639. The molecule has 0 unspecified atom stereocenters. The maximum atomic E-state index is 12.8. The number of rotatable bonds is 4. The van der Waals surface area contributed by atoms with Crippen LogP contribution < -0.4 is 20.4 Å². The van der Waals surface area contributed by atoms with Gasteiger partial charge in [0.1, 0.15) is 11.4 Å². The quantitative estimate of drug-likeness (QED) is 0.472. The van der Waals surface area contributed by atoms with Gasteiger partial charge in [0, 0.05) is 16.5 Å². The van der Waals surface area contributed by atoms with Crippen molar-refractivity contribution < 1.29 is 4.74 Å². The van der Waals surface area contributed by atoms with Crippen molar-refractivity contribution >= 4 is 38.3 Å². The third-order valence-corrected chi connectivity index (χ3v) is 5.60. The van der Waals surface area contributed by atoms with E-state index in [4.69, 9.17) is 4.74 Å². The first-order valence-corrected chi connectivity index (χ1v) is 9.98. The van der Waals surface area contributed by atoms with Gasteiger partial charge in [0.25, 0.3) is 11.1 Å². The van der Waals surface area contributed by atoms with Crippen LogP contribution in [0.5, 0.6) is 5.75 Å². The molecule has 2 aromatic heterocycles. The van der Waals surface area contributed by atoms with Crippen molar-refractivity contribution in [1.29, 1.82) is 0 Å². The molecular formula is C20H14BrN3O3S. The van der Waals surface area contributed by atoms with Crippen LogP contribution in [0.1, 0.15) is 16.8 Å². The lowest BCUT2D eigenvalue weighted by Crippen LogP contribution is -2.28. The smallest absolute Gasteiger partial charge is 0.296 e. The maximum absolute atomic E-state index is 12.8. The Kier molecular flexibility index (Phi) is 5.06. The highest BCUT2D eigenvalue weighted by molar-refractivity contribution is 9.10. The Morgan fingerprint density at radius 3 is 2.71 bits per heavy atom. The fourth-order valence-corrected chi connectivity index (χ4v) is 4.07. The largest absolute Gasteiger partial charge is 0.496 e. The standard InChI is InChI=1S/C20H14BrN3O3S/c1-27-16-8-7-14(21)10-13(16)11-17-19(26)24-20(28-17)22-18(25)15(23-24)9-12-5-3-2-4-6-12/h2-8,10-11H,9H2,1H3. The number of fused-ring (bicyclic) bond motifs is 1. The van der Waals surface area contributed by atoms with Gasteiger partial charge in [-0.1, -0.05) is 57.6 Å². The monoisotopic (exact) mass is 455 g/mol. The molecule has 0 aliphatic rings. The summed E-state index contributed by atoms with van der Waals surface area (Å²) in [6.45, 7) is 0. The van der Waals surface area contributed by atoms with Gasteiger partial charge in [0.05, 0.1) is 11.6 Å². The molecule has 0 saturated heterocycles. The van der Waals surface area contributed by atoms with Crippen LogP contribution in [0.3, 0.4) is 0 Å². The van der Waals surface area contributed by atoms with Crippen LogP contribution in [-0.2, 0) is 6.42 Å². The molecule has 0 radical (unpaired) electrons. The number of hydrogen-bond donors (Lipinski definition) is 0. The molecule has 4 rings (SSSR count). The highest BCUT2D eigenvalue weighted by Gasteiger charge is 2.12. The van der Waals surface area contributed by atoms with Gasteiger partial charge in [-0.05, 0) is 29.8 Å². The van der Waals surface area contributed by atoms with Gasteiger partial charge in [-0.25, -0.2) is 0 Å². The second-order valence-electron chi connectivity index (χ2n) is 6.02. The average molecular weight is 456 g/mol. The van der Waals surface area contributed by atoms with E-state index >= 15 is 0 Å². The molecule has 0 amide bonds. The third kappa shape index (κ3) is 3.61. The van der Waals surface area contributed by atoms with E-state index in [-0.39, 0.29) is 16.2 Å². The Labute approximate surface area is 171 Å². The number of ether oxygens (including phenoxy) is 1. The molecule has 0 atom stereocenters. The molecule has 28 heavy (non-hydrogen) atoms. The summed E-state index contributed by atoms with van der Waals surface area (Å²) in [5.41, 5.74) is 1.18. The van der Waals surface area contributed by atoms with E-state index < -0.39 is 5.56 Å². The Morgan fingerprint density at radius 2 is 1.96 bits per heavy atom. The van der Waals surface area contributed by atoms with E-state index in [1.165, 1.54) is 4.52 Å². The Hall–Kier alpha value is -2.84. The Morgan fingerprint density at radius 1 is 1.18 bits per heavy atom. The number of nitrogens with zero attached hydrogens (tertiary/aromatic N) is 3. The first-order chi connectivity index (χ1) is 13.5. The molecule has 140 valence electrons. The van der Waals surface area contributed by atoms with E-state index in [9.17, 15) is 9.59 Å². The highest BCUT2D eigenvalue weighted by atomic mass is 79.9. The molecule has 0 spiro atoms. The van der Waals surface area contributed by atoms with Crippen molar-refractivity contribution in [2.24, 2.45) is 0 Å². The molecule has 2 aromatic carbocycles. The summed E-state index contributed by atoms with van der Waals surface area (Å²) in [4.78, 5) is 29.5. The fraction of sp³-hybridized carbons (Fsp3) is 0.100. The molecule has 0 N–H and O–H groups in total. The summed E-state index contributed by atoms with van der Waals surface area (Å²) < 4.78 is 7.84. The molecule has 0 aliphatic carbocycles. The summed E-state index contributed by atoms with van der Waals surface area (Å²) in [7, 11) is 1.57. The summed E-state index contributed by atoms with van der Waals surface area (Å²) in [5, 5.41) is 4.27. The van der Waals surface area contributed by atoms with Crippen molar-refractivity contribution in [1.82, 2.24) is 14.6 Å². The Balaban J connectivity index is 1.85. The van der Waals surface area contributed by atoms with E-state index in [2.05, 4.69) is 26.0 Å². The summed E-state index contributed by atoms with van der Waals surface area (Å²) in [6.07, 6.45) is 2.04. The van der Waals surface area contributed by atoms with Crippen LogP contribution in [0, 0.1) is 0 Å². The third-order valence-electron chi connectivity index (χ3n) is 4.14. The average Bonchev–Trinajstić information content (AvgIpc) is 2.98. The normalized spacial score (nSPS) is 11.9. The topological polar surface area (TPSA) is 73.6 Å². The maximum Gasteiger partial charge on any atom is 0.296 e. The van der Waals surface area contributed by atoms with Crippen LogP contribution >= 0.6 is 27.3 Å². The fourth-order valence-electron chi connectivity index (χ4n) is 2.80. The van der Waals surface area contributed by atoms with Gasteiger partial charge >= 0.3 is 0 Å². The lowest BCUT2D eigenvalue weighted by atomic mass is 10.1. The molecule has 4 aromatic rings. The first-order valence-electron chi connectivity index (χ1n) is 8.37. The van der Waals surface area contributed by atoms with Gasteiger partial charge in [0.15, 0.2) is 0 Å². The van der Waals surface area contributed by atoms with Crippen LogP contribution in [0.25, 0.3) is 11.0 Å². The highest BCUT2D eigenvalue weighted by Crippen LogP contribution is 2.23.